The number of hydrogen-bond donors (Lipinski definition) is 2. The number of nitrogens with one attached hydrogen (secondary N) is 2. The minimum absolute atomic E-state index is 0.225. The van der Waals surface area contributed by atoms with Gasteiger partial charge in [0.1, 0.15) is 5.82 Å². The van der Waals surface area contributed by atoms with Crippen molar-refractivity contribution in [2.24, 2.45) is 0 Å². The van der Waals surface area contributed by atoms with Crippen LogP contribution in [0.4, 0.5) is 4.39 Å². The summed E-state index contributed by atoms with van der Waals surface area (Å²) in [5.41, 5.74) is 2.35. The topological polar surface area (TPSA) is 40.7 Å². The first kappa shape index (κ1) is 11.4. The fourth-order valence-electron chi connectivity index (χ4n) is 2.47. The van der Waals surface area contributed by atoms with Gasteiger partial charge in [-0.15, -0.1) is 0 Å². The number of aromatic amines is 1. The summed E-state index contributed by atoms with van der Waals surface area (Å²) in [6.07, 6.45) is 2.34. The highest BCUT2D eigenvalue weighted by Crippen LogP contribution is 2.26. The zero-order chi connectivity index (χ0) is 12.4. The van der Waals surface area contributed by atoms with Gasteiger partial charge in [0.05, 0.1) is 5.69 Å². The van der Waals surface area contributed by atoms with E-state index in [2.05, 4.69) is 15.5 Å². The van der Waals surface area contributed by atoms with Gasteiger partial charge in [-0.1, -0.05) is 12.1 Å². The third-order valence-electron chi connectivity index (χ3n) is 3.48. The Balaban J connectivity index is 1.87. The van der Waals surface area contributed by atoms with Crippen molar-refractivity contribution in [3.05, 3.63) is 41.8 Å². The van der Waals surface area contributed by atoms with Gasteiger partial charge < -0.3 is 5.32 Å². The summed E-state index contributed by atoms with van der Waals surface area (Å²) in [5, 5.41) is 10.6. The molecule has 1 unspecified atom stereocenters. The fraction of sp³-hybridized carbons (Fsp3) is 0.357. The molecule has 0 radical (unpaired) electrons. The van der Waals surface area contributed by atoms with Crippen LogP contribution in [0, 0.1) is 5.82 Å². The average Bonchev–Trinajstić information content (AvgIpc) is 2.90. The predicted octanol–water partition coefficient (Wildman–Crippen LogP) is 2.68. The molecule has 94 valence electrons. The van der Waals surface area contributed by atoms with Gasteiger partial charge in [-0.05, 0) is 37.6 Å². The van der Waals surface area contributed by atoms with Crippen LogP contribution < -0.4 is 5.32 Å². The quantitative estimate of drug-likeness (QED) is 0.854. The van der Waals surface area contributed by atoms with Crippen LogP contribution >= 0.6 is 0 Å². The second-order valence-corrected chi connectivity index (χ2v) is 4.73. The van der Waals surface area contributed by atoms with E-state index in [1.807, 2.05) is 12.1 Å². The molecule has 18 heavy (non-hydrogen) atoms. The molecule has 3 rings (SSSR count). The summed E-state index contributed by atoms with van der Waals surface area (Å²) < 4.78 is 13.7. The molecule has 0 saturated carbocycles. The Bertz CT molecular complexity index is 529. The second-order valence-electron chi connectivity index (χ2n) is 4.73. The molecule has 0 aliphatic carbocycles. The molecule has 1 atom stereocenters. The van der Waals surface area contributed by atoms with Gasteiger partial charge in [-0.2, -0.15) is 5.10 Å². The monoisotopic (exact) mass is 245 g/mol. The number of rotatable bonds is 2. The zero-order valence-electron chi connectivity index (χ0n) is 10.1. The molecule has 2 aromatic rings. The van der Waals surface area contributed by atoms with Gasteiger partial charge >= 0.3 is 0 Å². The highest BCUT2D eigenvalue weighted by molar-refractivity contribution is 5.60. The number of benzene rings is 1. The predicted molar refractivity (Wildman–Crippen MR) is 68.8 cm³/mol. The second kappa shape index (κ2) is 4.90. The van der Waals surface area contributed by atoms with Crippen molar-refractivity contribution < 1.29 is 4.39 Å². The molecule has 4 heteroatoms. The Kier molecular flexibility index (Phi) is 3.11. The SMILES string of the molecule is Fc1ccccc1-c1cc(C2CCCNC2)[nH]n1. The average molecular weight is 245 g/mol. The van der Waals surface area contributed by atoms with Crippen molar-refractivity contribution in [2.45, 2.75) is 18.8 Å². The molecule has 0 bridgehead atoms. The molecule has 1 aromatic heterocycles. The molecule has 0 amide bonds. The Hall–Kier alpha value is -1.68. The maximum absolute atomic E-state index is 13.7. The number of halogens is 1. The number of H-pyrrole nitrogens is 1. The third-order valence-corrected chi connectivity index (χ3v) is 3.48. The van der Waals surface area contributed by atoms with Crippen LogP contribution in [0.2, 0.25) is 0 Å². The van der Waals surface area contributed by atoms with Gasteiger partial charge in [0.25, 0.3) is 0 Å². The van der Waals surface area contributed by atoms with Crippen molar-refractivity contribution in [1.29, 1.82) is 0 Å². The number of hydrogen-bond acceptors (Lipinski definition) is 2. The number of aromatic nitrogens is 2. The van der Waals surface area contributed by atoms with Crippen LogP contribution in [0.3, 0.4) is 0 Å². The molecule has 3 nitrogen and oxygen atoms in total. The molecule has 1 aliphatic rings. The van der Waals surface area contributed by atoms with E-state index in [-0.39, 0.29) is 5.82 Å². The van der Waals surface area contributed by atoms with E-state index < -0.39 is 0 Å². The number of piperidine rings is 1. The largest absolute Gasteiger partial charge is 0.316 e. The summed E-state index contributed by atoms with van der Waals surface area (Å²) in [6.45, 7) is 2.06. The molecule has 1 aromatic carbocycles. The first-order chi connectivity index (χ1) is 8.84. The standard InChI is InChI=1S/C14H16FN3/c15-12-6-2-1-5-11(12)14-8-13(17-18-14)10-4-3-7-16-9-10/h1-2,5-6,8,10,16H,3-4,7,9H2,(H,17,18). The van der Waals surface area contributed by atoms with Crippen LogP contribution in [0.1, 0.15) is 24.5 Å². The molecular weight excluding hydrogens is 229 g/mol. The zero-order valence-corrected chi connectivity index (χ0v) is 10.1. The van der Waals surface area contributed by atoms with E-state index in [0.717, 1.165) is 25.2 Å². The lowest BCUT2D eigenvalue weighted by Gasteiger charge is -2.21. The van der Waals surface area contributed by atoms with Crippen LogP contribution in [0.5, 0.6) is 0 Å². The molecule has 1 aliphatic heterocycles. The maximum atomic E-state index is 13.7. The maximum Gasteiger partial charge on any atom is 0.132 e. The molecule has 2 N–H and O–H groups in total. The van der Waals surface area contributed by atoms with Crippen molar-refractivity contribution in [1.82, 2.24) is 15.5 Å². The summed E-state index contributed by atoms with van der Waals surface area (Å²) in [4.78, 5) is 0. The van der Waals surface area contributed by atoms with Gasteiger partial charge in [0.2, 0.25) is 0 Å². The van der Waals surface area contributed by atoms with Crippen molar-refractivity contribution in [3.63, 3.8) is 0 Å². The summed E-state index contributed by atoms with van der Waals surface area (Å²) >= 11 is 0. The Labute approximate surface area is 105 Å². The minimum Gasteiger partial charge on any atom is -0.316 e. The first-order valence-corrected chi connectivity index (χ1v) is 6.35. The smallest absolute Gasteiger partial charge is 0.132 e. The lowest BCUT2D eigenvalue weighted by molar-refractivity contribution is 0.454. The van der Waals surface area contributed by atoms with E-state index in [9.17, 15) is 4.39 Å². The summed E-state index contributed by atoms with van der Waals surface area (Å²) in [7, 11) is 0. The highest BCUT2D eigenvalue weighted by atomic mass is 19.1. The van der Waals surface area contributed by atoms with Crippen LogP contribution in [-0.2, 0) is 0 Å². The van der Waals surface area contributed by atoms with Crippen LogP contribution in [0.15, 0.2) is 30.3 Å². The molecular formula is C14H16FN3. The Morgan fingerprint density at radius 3 is 2.94 bits per heavy atom. The van der Waals surface area contributed by atoms with E-state index in [0.29, 0.717) is 17.2 Å². The van der Waals surface area contributed by atoms with Gasteiger partial charge in [0, 0.05) is 23.7 Å². The highest BCUT2D eigenvalue weighted by Gasteiger charge is 2.18. The minimum atomic E-state index is -0.225. The lowest BCUT2D eigenvalue weighted by Crippen LogP contribution is -2.28. The summed E-state index contributed by atoms with van der Waals surface area (Å²) in [5.74, 6) is 0.240. The van der Waals surface area contributed by atoms with E-state index >= 15 is 0 Å². The molecule has 0 spiro atoms. The normalized spacial score (nSPS) is 19.9. The van der Waals surface area contributed by atoms with Crippen LogP contribution in [-0.4, -0.2) is 23.3 Å². The Morgan fingerprint density at radius 2 is 2.17 bits per heavy atom. The van der Waals surface area contributed by atoms with E-state index in [4.69, 9.17) is 0 Å². The van der Waals surface area contributed by atoms with Gasteiger partial charge in [-0.25, -0.2) is 4.39 Å². The molecule has 2 heterocycles. The fourth-order valence-corrected chi connectivity index (χ4v) is 2.47. The van der Waals surface area contributed by atoms with Crippen LogP contribution in [0.25, 0.3) is 11.3 Å². The van der Waals surface area contributed by atoms with Crippen molar-refractivity contribution in [2.75, 3.05) is 13.1 Å². The first-order valence-electron chi connectivity index (χ1n) is 6.35. The molecule has 1 saturated heterocycles. The summed E-state index contributed by atoms with van der Waals surface area (Å²) in [6, 6.07) is 8.71. The van der Waals surface area contributed by atoms with E-state index in [1.54, 1.807) is 12.1 Å². The Morgan fingerprint density at radius 1 is 1.28 bits per heavy atom. The van der Waals surface area contributed by atoms with Gasteiger partial charge in [-0.3, -0.25) is 5.10 Å². The van der Waals surface area contributed by atoms with Gasteiger partial charge in [0.15, 0.2) is 0 Å². The van der Waals surface area contributed by atoms with Crippen molar-refractivity contribution in [3.8, 4) is 11.3 Å². The third kappa shape index (κ3) is 2.16. The van der Waals surface area contributed by atoms with Crippen molar-refractivity contribution >= 4 is 0 Å². The lowest BCUT2D eigenvalue weighted by atomic mass is 9.96. The number of nitrogens with zero attached hydrogens (tertiary/aromatic N) is 1. The van der Waals surface area contributed by atoms with E-state index in [1.165, 1.54) is 12.5 Å². The molecule has 1 fully saturated rings.